The summed E-state index contributed by atoms with van der Waals surface area (Å²) in [7, 11) is 4.08. The minimum Gasteiger partial charge on any atom is -0.436 e. The molecule has 0 aliphatic carbocycles. The summed E-state index contributed by atoms with van der Waals surface area (Å²) in [5.74, 6) is -0.0998. The van der Waals surface area contributed by atoms with Crippen LogP contribution < -0.4 is 5.32 Å². The largest absolute Gasteiger partial charge is 0.436 e. The highest BCUT2D eigenvalue weighted by atomic mass is 19.1. The number of halogens is 1. The van der Waals surface area contributed by atoms with Gasteiger partial charge in [-0.3, -0.25) is 4.79 Å². The van der Waals surface area contributed by atoms with Crippen LogP contribution in [0.1, 0.15) is 15.9 Å². The van der Waals surface area contributed by atoms with Crippen molar-refractivity contribution in [2.75, 3.05) is 26.0 Å². The molecular formula is C26H24FN3O2. The molecule has 4 aromatic rings. The number of anilines is 1. The van der Waals surface area contributed by atoms with Gasteiger partial charge in [-0.15, -0.1) is 0 Å². The van der Waals surface area contributed by atoms with Gasteiger partial charge in [0, 0.05) is 17.8 Å². The van der Waals surface area contributed by atoms with E-state index < -0.39 is 5.82 Å². The van der Waals surface area contributed by atoms with Crippen LogP contribution in [0, 0.1) is 5.82 Å². The van der Waals surface area contributed by atoms with Crippen molar-refractivity contribution in [3.8, 4) is 22.8 Å². The fourth-order valence-electron chi connectivity index (χ4n) is 3.36. The molecule has 0 fully saturated rings. The molecule has 1 aromatic heterocycles. The van der Waals surface area contributed by atoms with Crippen molar-refractivity contribution in [3.63, 3.8) is 0 Å². The second-order valence-corrected chi connectivity index (χ2v) is 7.76. The van der Waals surface area contributed by atoms with E-state index in [0.29, 0.717) is 28.1 Å². The lowest BCUT2D eigenvalue weighted by Crippen LogP contribution is -2.15. The van der Waals surface area contributed by atoms with Gasteiger partial charge >= 0.3 is 0 Å². The Morgan fingerprint density at radius 1 is 0.969 bits per heavy atom. The molecule has 0 radical (unpaired) electrons. The van der Waals surface area contributed by atoms with Gasteiger partial charge in [0.2, 0.25) is 5.89 Å². The Morgan fingerprint density at radius 3 is 2.38 bits per heavy atom. The molecule has 0 bridgehead atoms. The zero-order valence-corrected chi connectivity index (χ0v) is 18.0. The first kappa shape index (κ1) is 21.5. The van der Waals surface area contributed by atoms with Crippen LogP contribution in [0.25, 0.3) is 22.8 Å². The van der Waals surface area contributed by atoms with Crippen molar-refractivity contribution in [3.05, 3.63) is 95.9 Å². The first-order valence-corrected chi connectivity index (χ1v) is 10.4. The summed E-state index contributed by atoms with van der Waals surface area (Å²) < 4.78 is 19.9. The number of nitrogens with zero attached hydrogens (tertiary/aromatic N) is 2. The SMILES string of the molecule is CN(C)CCc1ccc(NC(=O)c2ccccc2-c2ncc(-c3ccccc3F)o2)cc1. The van der Waals surface area contributed by atoms with E-state index >= 15 is 0 Å². The van der Waals surface area contributed by atoms with Crippen LogP contribution in [0.15, 0.2) is 83.4 Å². The van der Waals surface area contributed by atoms with Gasteiger partial charge in [-0.2, -0.15) is 0 Å². The maximum atomic E-state index is 14.1. The molecule has 5 nitrogen and oxygen atoms in total. The summed E-state index contributed by atoms with van der Waals surface area (Å²) in [5.41, 5.74) is 3.19. The third-order valence-corrected chi connectivity index (χ3v) is 5.11. The lowest BCUT2D eigenvalue weighted by molar-refractivity contribution is 0.102. The van der Waals surface area contributed by atoms with Gasteiger partial charge in [-0.25, -0.2) is 9.37 Å². The quantitative estimate of drug-likeness (QED) is 0.421. The molecule has 0 spiro atoms. The molecule has 1 heterocycles. The van der Waals surface area contributed by atoms with Crippen LogP contribution in [0.4, 0.5) is 10.1 Å². The van der Waals surface area contributed by atoms with Gasteiger partial charge in [0.15, 0.2) is 5.76 Å². The minimum absolute atomic E-state index is 0.257. The third-order valence-electron chi connectivity index (χ3n) is 5.11. The smallest absolute Gasteiger partial charge is 0.256 e. The second-order valence-electron chi connectivity index (χ2n) is 7.76. The van der Waals surface area contributed by atoms with Crippen LogP contribution >= 0.6 is 0 Å². The average Bonchev–Trinajstić information content (AvgIpc) is 3.29. The van der Waals surface area contributed by atoms with E-state index in [0.717, 1.165) is 13.0 Å². The highest BCUT2D eigenvalue weighted by Gasteiger charge is 2.18. The number of aromatic nitrogens is 1. The van der Waals surface area contributed by atoms with Crippen molar-refractivity contribution in [2.45, 2.75) is 6.42 Å². The molecule has 1 amide bonds. The van der Waals surface area contributed by atoms with Gasteiger partial charge in [-0.05, 0) is 62.5 Å². The molecule has 1 N–H and O–H groups in total. The summed E-state index contributed by atoms with van der Waals surface area (Å²) in [5, 5.41) is 2.93. The summed E-state index contributed by atoms with van der Waals surface area (Å²) >= 11 is 0. The zero-order valence-electron chi connectivity index (χ0n) is 18.0. The van der Waals surface area contributed by atoms with E-state index in [1.54, 1.807) is 42.5 Å². The standard InChI is InChI=1S/C26H24FN3O2/c1-30(2)16-15-18-11-13-19(14-12-18)29-25(31)20-7-3-4-8-21(20)26-28-17-24(32-26)22-9-5-6-10-23(22)27/h3-14,17H,15-16H2,1-2H3,(H,29,31). The maximum absolute atomic E-state index is 14.1. The van der Waals surface area contributed by atoms with E-state index in [2.05, 4.69) is 15.2 Å². The fraction of sp³-hybridized carbons (Fsp3) is 0.154. The molecular weight excluding hydrogens is 405 g/mol. The van der Waals surface area contributed by atoms with E-state index in [9.17, 15) is 9.18 Å². The molecule has 0 aliphatic heterocycles. The number of carbonyl (C=O) groups is 1. The molecule has 0 aliphatic rings. The topological polar surface area (TPSA) is 58.4 Å². The summed E-state index contributed by atoms with van der Waals surface area (Å²) in [6.07, 6.45) is 2.41. The second kappa shape index (κ2) is 9.58. The molecule has 0 saturated carbocycles. The number of nitrogens with one attached hydrogen (secondary N) is 1. The number of amides is 1. The van der Waals surface area contributed by atoms with E-state index in [-0.39, 0.29) is 11.8 Å². The molecule has 4 rings (SSSR count). The third kappa shape index (κ3) is 4.92. The predicted octanol–water partition coefficient (Wildman–Crippen LogP) is 5.50. The van der Waals surface area contributed by atoms with Crippen LogP contribution in [-0.4, -0.2) is 36.4 Å². The molecule has 32 heavy (non-hydrogen) atoms. The lowest BCUT2D eigenvalue weighted by Gasteiger charge is -2.11. The molecule has 3 aromatic carbocycles. The number of oxazole rings is 1. The normalized spacial score (nSPS) is 11.0. The minimum atomic E-state index is -0.393. The van der Waals surface area contributed by atoms with Gasteiger partial charge in [0.05, 0.1) is 17.3 Å². The zero-order chi connectivity index (χ0) is 22.5. The highest BCUT2D eigenvalue weighted by Crippen LogP contribution is 2.30. The van der Waals surface area contributed by atoms with Crippen LogP contribution in [0.2, 0.25) is 0 Å². The van der Waals surface area contributed by atoms with E-state index in [1.807, 2.05) is 38.4 Å². The highest BCUT2D eigenvalue weighted by molar-refractivity contribution is 6.08. The molecule has 0 atom stereocenters. The summed E-state index contributed by atoms with van der Waals surface area (Å²) in [6.45, 7) is 0.962. The fourth-order valence-corrected chi connectivity index (χ4v) is 3.36. The Labute approximate surface area is 186 Å². The number of hydrogen-bond donors (Lipinski definition) is 1. The Morgan fingerprint density at radius 2 is 1.66 bits per heavy atom. The van der Waals surface area contributed by atoms with Crippen LogP contribution in [0.5, 0.6) is 0 Å². The van der Waals surface area contributed by atoms with Gasteiger partial charge in [0.1, 0.15) is 5.82 Å². The average molecular weight is 429 g/mol. The van der Waals surface area contributed by atoms with Crippen molar-refractivity contribution in [1.29, 1.82) is 0 Å². The molecule has 6 heteroatoms. The maximum Gasteiger partial charge on any atom is 0.256 e. The first-order valence-electron chi connectivity index (χ1n) is 10.4. The van der Waals surface area contributed by atoms with Crippen molar-refractivity contribution in [1.82, 2.24) is 9.88 Å². The van der Waals surface area contributed by atoms with Crippen molar-refractivity contribution in [2.24, 2.45) is 0 Å². The monoisotopic (exact) mass is 429 g/mol. The molecule has 0 unspecified atom stereocenters. The Balaban J connectivity index is 1.54. The molecule has 0 saturated heterocycles. The number of rotatable bonds is 7. The van der Waals surface area contributed by atoms with Crippen molar-refractivity contribution < 1.29 is 13.6 Å². The van der Waals surface area contributed by atoms with Gasteiger partial charge in [0.25, 0.3) is 5.91 Å². The molecule has 162 valence electrons. The Hall–Kier alpha value is -3.77. The Kier molecular flexibility index (Phi) is 6.42. The van der Waals surface area contributed by atoms with Gasteiger partial charge < -0.3 is 14.6 Å². The first-order chi connectivity index (χ1) is 15.5. The summed E-state index contributed by atoms with van der Waals surface area (Å²) in [6, 6.07) is 21.2. The van der Waals surface area contributed by atoms with Gasteiger partial charge in [-0.1, -0.05) is 36.4 Å². The van der Waals surface area contributed by atoms with Crippen LogP contribution in [0.3, 0.4) is 0 Å². The number of likely N-dealkylation sites (N-methyl/N-ethyl adjacent to an activating group) is 1. The number of benzene rings is 3. The predicted molar refractivity (Wildman–Crippen MR) is 124 cm³/mol. The van der Waals surface area contributed by atoms with Crippen LogP contribution in [-0.2, 0) is 6.42 Å². The number of carbonyl (C=O) groups excluding carboxylic acids is 1. The number of hydrogen-bond acceptors (Lipinski definition) is 4. The van der Waals surface area contributed by atoms with E-state index in [4.69, 9.17) is 4.42 Å². The van der Waals surface area contributed by atoms with E-state index in [1.165, 1.54) is 17.8 Å². The lowest BCUT2D eigenvalue weighted by atomic mass is 10.1. The van der Waals surface area contributed by atoms with Crippen molar-refractivity contribution >= 4 is 11.6 Å². The Bertz CT molecular complexity index is 1220. The summed E-state index contributed by atoms with van der Waals surface area (Å²) in [4.78, 5) is 19.4.